The Morgan fingerprint density at radius 2 is 2.33 bits per heavy atom. The average Bonchev–Trinajstić information content (AvgIpc) is 2.72. The summed E-state index contributed by atoms with van der Waals surface area (Å²) < 4.78 is 5.26. The van der Waals surface area contributed by atoms with Gasteiger partial charge in [0.25, 0.3) is 5.91 Å². The number of nitrogens with one attached hydrogen (secondary N) is 1. The molecule has 1 amide bonds. The number of carbonyl (C=O) groups is 1. The lowest BCUT2D eigenvalue weighted by Gasteiger charge is -2.05. The fraction of sp³-hybridized carbons (Fsp3) is 0.100. The number of benzene rings is 1. The molecule has 2 rings (SSSR count). The molecule has 2 aromatic rings. The van der Waals surface area contributed by atoms with Crippen LogP contribution in [0.5, 0.6) is 5.75 Å². The van der Waals surface area contributed by atoms with Crippen molar-refractivity contribution in [1.29, 1.82) is 0 Å². The van der Waals surface area contributed by atoms with Crippen LogP contribution in [-0.4, -0.2) is 22.7 Å². The molecule has 1 aromatic carbocycles. The Morgan fingerprint density at radius 1 is 1.50 bits per heavy atom. The summed E-state index contributed by atoms with van der Waals surface area (Å²) in [5, 5.41) is 10.9. The highest BCUT2D eigenvalue weighted by Crippen LogP contribution is 2.18. The predicted molar refractivity (Wildman–Crippen MR) is 69.9 cm³/mol. The molecule has 0 aliphatic carbocycles. The first-order chi connectivity index (χ1) is 8.63. The molecular formula is C10H9ClN4O2S. The van der Waals surface area contributed by atoms with E-state index >= 15 is 0 Å². The molecule has 1 aromatic heterocycles. The Kier molecular flexibility index (Phi) is 3.96. The van der Waals surface area contributed by atoms with Crippen molar-refractivity contribution in [1.82, 2.24) is 10.2 Å². The molecular weight excluding hydrogens is 276 g/mol. The van der Waals surface area contributed by atoms with Gasteiger partial charge in [-0.1, -0.05) is 29.0 Å². The standard InChI is InChI=1S/C10H9ClN4O2S/c11-6-2-1-3-7(4-6)17-5-8(16)13-10-15-14-9(12)18-10/h1-4H,5H2,(H2,12,14)(H,13,15,16). The van der Waals surface area contributed by atoms with Gasteiger partial charge in [-0.05, 0) is 18.2 Å². The van der Waals surface area contributed by atoms with Crippen molar-refractivity contribution in [2.24, 2.45) is 0 Å². The van der Waals surface area contributed by atoms with Crippen LogP contribution in [0.4, 0.5) is 10.3 Å². The number of anilines is 2. The van der Waals surface area contributed by atoms with E-state index in [-0.39, 0.29) is 12.5 Å². The molecule has 0 spiro atoms. The molecule has 0 unspecified atom stereocenters. The van der Waals surface area contributed by atoms with E-state index in [1.807, 2.05) is 0 Å². The second-order valence-corrected chi connectivity index (χ2v) is 4.69. The van der Waals surface area contributed by atoms with E-state index in [4.69, 9.17) is 22.1 Å². The second-order valence-electron chi connectivity index (χ2n) is 3.24. The summed E-state index contributed by atoms with van der Waals surface area (Å²) in [6.07, 6.45) is 0. The van der Waals surface area contributed by atoms with Crippen LogP contribution in [0.3, 0.4) is 0 Å². The lowest BCUT2D eigenvalue weighted by atomic mass is 10.3. The predicted octanol–water partition coefficient (Wildman–Crippen LogP) is 1.79. The molecule has 0 atom stereocenters. The van der Waals surface area contributed by atoms with Crippen LogP contribution < -0.4 is 15.8 Å². The van der Waals surface area contributed by atoms with E-state index in [1.165, 1.54) is 0 Å². The van der Waals surface area contributed by atoms with Crippen LogP contribution in [0.15, 0.2) is 24.3 Å². The highest BCUT2D eigenvalue weighted by molar-refractivity contribution is 7.18. The number of hydrogen-bond donors (Lipinski definition) is 2. The fourth-order valence-electron chi connectivity index (χ4n) is 1.15. The molecule has 6 nitrogen and oxygen atoms in total. The summed E-state index contributed by atoms with van der Waals surface area (Å²) in [6.45, 7) is -0.139. The Morgan fingerprint density at radius 3 is 3.00 bits per heavy atom. The zero-order valence-electron chi connectivity index (χ0n) is 9.09. The van der Waals surface area contributed by atoms with Gasteiger partial charge in [0, 0.05) is 5.02 Å². The molecule has 0 aliphatic rings. The van der Waals surface area contributed by atoms with E-state index in [9.17, 15) is 4.79 Å². The molecule has 18 heavy (non-hydrogen) atoms. The number of nitrogens with two attached hydrogens (primary N) is 1. The van der Waals surface area contributed by atoms with Crippen molar-refractivity contribution in [3.63, 3.8) is 0 Å². The lowest BCUT2D eigenvalue weighted by molar-refractivity contribution is -0.118. The topological polar surface area (TPSA) is 90.1 Å². The van der Waals surface area contributed by atoms with Gasteiger partial charge in [0.15, 0.2) is 6.61 Å². The van der Waals surface area contributed by atoms with Crippen LogP contribution in [0, 0.1) is 0 Å². The van der Waals surface area contributed by atoms with Crippen molar-refractivity contribution in [2.75, 3.05) is 17.7 Å². The molecule has 8 heteroatoms. The number of ether oxygens (including phenoxy) is 1. The lowest BCUT2D eigenvalue weighted by Crippen LogP contribution is -2.20. The maximum Gasteiger partial charge on any atom is 0.264 e. The summed E-state index contributed by atoms with van der Waals surface area (Å²) in [5.41, 5.74) is 5.38. The molecule has 3 N–H and O–H groups in total. The second kappa shape index (κ2) is 5.65. The minimum Gasteiger partial charge on any atom is -0.484 e. The first-order valence-corrected chi connectivity index (χ1v) is 6.10. The minimum atomic E-state index is -0.342. The number of amides is 1. The maximum atomic E-state index is 11.5. The van der Waals surface area contributed by atoms with E-state index in [0.717, 1.165) is 11.3 Å². The number of rotatable bonds is 4. The van der Waals surface area contributed by atoms with E-state index < -0.39 is 0 Å². The zero-order valence-corrected chi connectivity index (χ0v) is 10.7. The largest absolute Gasteiger partial charge is 0.484 e. The van der Waals surface area contributed by atoms with Gasteiger partial charge < -0.3 is 10.5 Å². The summed E-state index contributed by atoms with van der Waals surface area (Å²) in [4.78, 5) is 11.5. The summed E-state index contributed by atoms with van der Waals surface area (Å²) in [7, 11) is 0. The number of carbonyl (C=O) groups excluding carboxylic acids is 1. The van der Waals surface area contributed by atoms with Gasteiger partial charge in [-0.15, -0.1) is 10.2 Å². The summed E-state index contributed by atoms with van der Waals surface area (Å²) in [6, 6.07) is 6.79. The maximum absolute atomic E-state index is 11.5. The third-order valence-electron chi connectivity index (χ3n) is 1.85. The molecule has 0 saturated carbocycles. The number of nitrogens with zero attached hydrogens (tertiary/aromatic N) is 2. The van der Waals surface area contributed by atoms with Crippen molar-refractivity contribution < 1.29 is 9.53 Å². The van der Waals surface area contributed by atoms with Gasteiger partial charge >= 0.3 is 0 Å². The van der Waals surface area contributed by atoms with Crippen molar-refractivity contribution in [2.45, 2.75) is 0 Å². The summed E-state index contributed by atoms with van der Waals surface area (Å²) >= 11 is 6.87. The third kappa shape index (κ3) is 3.57. The van der Waals surface area contributed by atoms with E-state index in [2.05, 4.69) is 15.5 Å². The van der Waals surface area contributed by atoms with Gasteiger partial charge in [0.05, 0.1) is 0 Å². The Hall–Kier alpha value is -1.86. The van der Waals surface area contributed by atoms with Gasteiger partial charge in [-0.2, -0.15) is 0 Å². The van der Waals surface area contributed by atoms with E-state index in [1.54, 1.807) is 24.3 Å². The Labute approximate surface area is 112 Å². The van der Waals surface area contributed by atoms with Crippen molar-refractivity contribution in [3.8, 4) is 5.75 Å². The van der Waals surface area contributed by atoms with E-state index in [0.29, 0.717) is 21.0 Å². The van der Waals surface area contributed by atoms with Gasteiger partial charge in [-0.25, -0.2) is 0 Å². The normalized spacial score (nSPS) is 10.1. The average molecular weight is 285 g/mol. The monoisotopic (exact) mass is 284 g/mol. The van der Waals surface area contributed by atoms with Crippen molar-refractivity contribution >= 4 is 39.1 Å². The Bertz CT molecular complexity index is 560. The number of aromatic nitrogens is 2. The molecule has 0 radical (unpaired) electrons. The van der Waals surface area contributed by atoms with Crippen LogP contribution in [0.25, 0.3) is 0 Å². The van der Waals surface area contributed by atoms with Crippen molar-refractivity contribution in [3.05, 3.63) is 29.3 Å². The molecule has 0 saturated heterocycles. The minimum absolute atomic E-state index is 0.139. The molecule has 94 valence electrons. The highest BCUT2D eigenvalue weighted by Gasteiger charge is 2.07. The first kappa shape index (κ1) is 12.6. The number of nitrogen functional groups attached to an aromatic ring is 1. The van der Waals surface area contributed by atoms with Crippen LogP contribution in [0.1, 0.15) is 0 Å². The van der Waals surface area contributed by atoms with Gasteiger partial charge in [-0.3, -0.25) is 10.1 Å². The van der Waals surface area contributed by atoms with Crippen LogP contribution in [0.2, 0.25) is 5.02 Å². The molecule has 1 heterocycles. The smallest absolute Gasteiger partial charge is 0.264 e. The van der Waals surface area contributed by atoms with Gasteiger partial charge in [0.2, 0.25) is 10.3 Å². The first-order valence-electron chi connectivity index (χ1n) is 4.90. The molecule has 0 fully saturated rings. The highest BCUT2D eigenvalue weighted by atomic mass is 35.5. The zero-order chi connectivity index (χ0) is 13.0. The Balaban J connectivity index is 1.85. The fourth-order valence-corrected chi connectivity index (χ4v) is 1.85. The molecule has 0 aliphatic heterocycles. The quantitative estimate of drug-likeness (QED) is 0.893. The SMILES string of the molecule is Nc1nnc(NC(=O)COc2cccc(Cl)c2)s1. The van der Waals surface area contributed by atoms with Crippen LogP contribution >= 0.6 is 22.9 Å². The van der Waals surface area contributed by atoms with Gasteiger partial charge in [0.1, 0.15) is 5.75 Å². The summed E-state index contributed by atoms with van der Waals surface area (Å²) in [5.74, 6) is 0.181. The van der Waals surface area contributed by atoms with Crippen LogP contribution in [-0.2, 0) is 4.79 Å². The number of halogens is 1. The molecule has 0 bridgehead atoms. The number of hydrogen-bond acceptors (Lipinski definition) is 6. The third-order valence-corrected chi connectivity index (χ3v) is 2.76.